The Morgan fingerprint density at radius 3 is 2.53 bits per heavy atom. The zero-order chi connectivity index (χ0) is 14.6. The van der Waals surface area contributed by atoms with Crippen LogP contribution in [0.15, 0.2) is 18.2 Å². The molecule has 0 bridgehead atoms. The smallest absolute Gasteiger partial charge is 0.337 e. The first kappa shape index (κ1) is 15.4. The van der Waals surface area contributed by atoms with Crippen molar-refractivity contribution >= 4 is 11.7 Å². The molecule has 0 fully saturated rings. The number of nitrogens with one attached hydrogen (secondary N) is 1. The third kappa shape index (κ3) is 3.92. The lowest BCUT2D eigenvalue weighted by Crippen LogP contribution is -2.35. The highest BCUT2D eigenvalue weighted by Crippen LogP contribution is 2.28. The lowest BCUT2D eigenvalue weighted by molar-refractivity contribution is 0.0697. The molecule has 19 heavy (non-hydrogen) atoms. The Bertz CT molecular complexity index is 454. The van der Waals surface area contributed by atoms with Crippen molar-refractivity contribution in [3.63, 3.8) is 0 Å². The highest BCUT2D eigenvalue weighted by atomic mass is 19.1. The highest BCUT2D eigenvalue weighted by molar-refractivity contribution is 5.94. The normalized spacial score (nSPS) is 13.1. The molecule has 0 saturated heterocycles. The van der Waals surface area contributed by atoms with E-state index in [1.165, 1.54) is 18.2 Å². The van der Waals surface area contributed by atoms with Crippen LogP contribution in [0.4, 0.5) is 10.1 Å². The first-order valence-electron chi connectivity index (χ1n) is 6.16. The first-order valence-corrected chi connectivity index (χ1v) is 6.16. The SMILES string of the molecule is CC(C)(C)C(CCO)Nc1c(F)cccc1C(=O)O. The molecule has 106 valence electrons. The Kier molecular flexibility index (Phi) is 4.89. The number of rotatable bonds is 5. The molecule has 0 saturated carbocycles. The highest BCUT2D eigenvalue weighted by Gasteiger charge is 2.26. The van der Waals surface area contributed by atoms with Gasteiger partial charge in [-0.05, 0) is 24.0 Å². The van der Waals surface area contributed by atoms with Gasteiger partial charge >= 0.3 is 5.97 Å². The summed E-state index contributed by atoms with van der Waals surface area (Å²) in [5, 5.41) is 21.1. The number of hydrogen-bond donors (Lipinski definition) is 3. The van der Waals surface area contributed by atoms with Crippen LogP contribution in [0.1, 0.15) is 37.6 Å². The summed E-state index contributed by atoms with van der Waals surface area (Å²) in [6.45, 7) is 5.79. The van der Waals surface area contributed by atoms with Crippen LogP contribution >= 0.6 is 0 Å². The van der Waals surface area contributed by atoms with Gasteiger partial charge < -0.3 is 15.5 Å². The number of hydrogen-bond acceptors (Lipinski definition) is 3. The van der Waals surface area contributed by atoms with E-state index in [9.17, 15) is 9.18 Å². The van der Waals surface area contributed by atoms with E-state index in [0.717, 1.165) is 0 Å². The van der Waals surface area contributed by atoms with E-state index < -0.39 is 11.8 Å². The summed E-state index contributed by atoms with van der Waals surface area (Å²) in [6.07, 6.45) is 0.414. The number of benzene rings is 1. The Morgan fingerprint density at radius 1 is 1.42 bits per heavy atom. The Hall–Kier alpha value is -1.62. The van der Waals surface area contributed by atoms with E-state index in [2.05, 4.69) is 5.32 Å². The number of aliphatic hydroxyl groups excluding tert-OH is 1. The average molecular weight is 269 g/mol. The molecule has 1 rings (SSSR count). The number of aromatic carboxylic acids is 1. The van der Waals surface area contributed by atoms with E-state index in [1.54, 1.807) is 0 Å². The van der Waals surface area contributed by atoms with Gasteiger partial charge in [-0.1, -0.05) is 26.8 Å². The number of carboxylic acid groups (broad SMARTS) is 1. The van der Waals surface area contributed by atoms with Crippen LogP contribution in [0, 0.1) is 11.2 Å². The van der Waals surface area contributed by atoms with E-state index in [-0.39, 0.29) is 29.3 Å². The van der Waals surface area contributed by atoms with Crippen molar-refractivity contribution in [2.24, 2.45) is 5.41 Å². The molecule has 0 radical (unpaired) electrons. The lowest BCUT2D eigenvalue weighted by Gasteiger charge is -2.32. The molecule has 0 spiro atoms. The van der Waals surface area contributed by atoms with Gasteiger partial charge in [0.05, 0.1) is 11.3 Å². The molecule has 0 heterocycles. The maximum absolute atomic E-state index is 13.8. The third-order valence-corrected chi connectivity index (χ3v) is 3.03. The second-order valence-electron chi connectivity index (χ2n) is 5.54. The molecule has 0 aliphatic carbocycles. The number of anilines is 1. The first-order chi connectivity index (χ1) is 8.77. The van der Waals surface area contributed by atoms with Crippen LogP contribution < -0.4 is 5.32 Å². The van der Waals surface area contributed by atoms with Crippen molar-refractivity contribution in [3.05, 3.63) is 29.6 Å². The Balaban J connectivity index is 3.12. The molecule has 0 amide bonds. The average Bonchev–Trinajstić information content (AvgIpc) is 2.29. The van der Waals surface area contributed by atoms with E-state index in [0.29, 0.717) is 6.42 Å². The Morgan fingerprint density at radius 2 is 2.05 bits per heavy atom. The molecule has 1 unspecified atom stereocenters. The summed E-state index contributed by atoms with van der Waals surface area (Å²) >= 11 is 0. The van der Waals surface area contributed by atoms with Gasteiger partial charge in [0.25, 0.3) is 0 Å². The predicted octanol–water partition coefficient (Wildman–Crippen LogP) is 2.73. The molecule has 1 atom stereocenters. The van der Waals surface area contributed by atoms with Crippen LogP contribution in [0.25, 0.3) is 0 Å². The monoisotopic (exact) mass is 269 g/mol. The minimum absolute atomic E-state index is 0.0247. The van der Waals surface area contributed by atoms with E-state index in [1.807, 2.05) is 20.8 Å². The maximum Gasteiger partial charge on any atom is 0.337 e. The topological polar surface area (TPSA) is 69.6 Å². The van der Waals surface area contributed by atoms with Crippen molar-refractivity contribution in [3.8, 4) is 0 Å². The van der Waals surface area contributed by atoms with Gasteiger partial charge in [0.15, 0.2) is 0 Å². The van der Waals surface area contributed by atoms with Crippen molar-refractivity contribution in [1.29, 1.82) is 0 Å². The van der Waals surface area contributed by atoms with Gasteiger partial charge in [-0.2, -0.15) is 0 Å². The van der Waals surface area contributed by atoms with Gasteiger partial charge in [0, 0.05) is 12.6 Å². The van der Waals surface area contributed by atoms with Crippen LogP contribution in [-0.2, 0) is 0 Å². The van der Waals surface area contributed by atoms with Gasteiger partial charge in [-0.15, -0.1) is 0 Å². The van der Waals surface area contributed by atoms with E-state index in [4.69, 9.17) is 10.2 Å². The largest absolute Gasteiger partial charge is 0.478 e. The minimum Gasteiger partial charge on any atom is -0.478 e. The second kappa shape index (κ2) is 6.02. The van der Waals surface area contributed by atoms with Crippen LogP contribution in [-0.4, -0.2) is 28.8 Å². The zero-order valence-electron chi connectivity index (χ0n) is 11.4. The molecule has 0 aliphatic heterocycles. The molecular formula is C14H20FNO3. The van der Waals surface area contributed by atoms with Crippen molar-refractivity contribution in [2.75, 3.05) is 11.9 Å². The van der Waals surface area contributed by atoms with Gasteiger partial charge in [0.2, 0.25) is 0 Å². The standard InChI is InChI=1S/C14H20FNO3/c1-14(2,3)11(7-8-17)16-12-9(13(18)19)5-4-6-10(12)15/h4-6,11,16-17H,7-8H2,1-3H3,(H,18,19). The van der Waals surface area contributed by atoms with Crippen LogP contribution in [0.5, 0.6) is 0 Å². The van der Waals surface area contributed by atoms with Gasteiger partial charge in [-0.3, -0.25) is 0 Å². The maximum atomic E-state index is 13.8. The van der Waals surface area contributed by atoms with Gasteiger partial charge in [-0.25, -0.2) is 9.18 Å². The quantitative estimate of drug-likeness (QED) is 0.768. The van der Waals surface area contributed by atoms with Crippen molar-refractivity contribution < 1.29 is 19.4 Å². The Labute approximate surface area is 112 Å². The summed E-state index contributed by atoms with van der Waals surface area (Å²) in [6, 6.07) is 3.70. The summed E-state index contributed by atoms with van der Waals surface area (Å²) in [5.41, 5.74) is -0.364. The van der Waals surface area contributed by atoms with Crippen molar-refractivity contribution in [1.82, 2.24) is 0 Å². The fraction of sp³-hybridized carbons (Fsp3) is 0.500. The summed E-state index contributed by atoms with van der Waals surface area (Å²) in [5.74, 6) is -1.79. The molecular weight excluding hydrogens is 249 g/mol. The molecule has 5 heteroatoms. The molecule has 1 aromatic rings. The number of para-hydroxylation sites is 1. The fourth-order valence-corrected chi connectivity index (χ4v) is 1.87. The van der Waals surface area contributed by atoms with E-state index >= 15 is 0 Å². The summed E-state index contributed by atoms with van der Waals surface area (Å²) in [4.78, 5) is 11.1. The third-order valence-electron chi connectivity index (χ3n) is 3.03. The number of carboxylic acids is 1. The second-order valence-corrected chi connectivity index (χ2v) is 5.54. The molecule has 4 nitrogen and oxygen atoms in total. The zero-order valence-corrected chi connectivity index (χ0v) is 11.4. The van der Waals surface area contributed by atoms with Crippen LogP contribution in [0.2, 0.25) is 0 Å². The summed E-state index contributed by atoms with van der Waals surface area (Å²) in [7, 11) is 0. The van der Waals surface area contributed by atoms with Gasteiger partial charge in [0.1, 0.15) is 5.82 Å². The molecule has 0 aromatic heterocycles. The summed E-state index contributed by atoms with van der Waals surface area (Å²) < 4.78 is 13.8. The fourth-order valence-electron chi connectivity index (χ4n) is 1.87. The minimum atomic E-state index is -1.18. The molecule has 0 aliphatic rings. The van der Waals surface area contributed by atoms with Crippen molar-refractivity contribution in [2.45, 2.75) is 33.2 Å². The number of aliphatic hydroxyl groups is 1. The number of carbonyl (C=O) groups is 1. The number of halogens is 1. The molecule has 1 aromatic carbocycles. The predicted molar refractivity (Wildman–Crippen MR) is 71.9 cm³/mol. The van der Waals surface area contributed by atoms with Crippen LogP contribution in [0.3, 0.4) is 0 Å². The lowest BCUT2D eigenvalue weighted by atomic mass is 9.84. The molecule has 3 N–H and O–H groups in total.